The van der Waals surface area contributed by atoms with E-state index in [4.69, 9.17) is 0 Å². The third kappa shape index (κ3) is 2.60. The van der Waals surface area contributed by atoms with Gasteiger partial charge in [-0.3, -0.25) is 9.10 Å². The summed E-state index contributed by atoms with van der Waals surface area (Å²) in [4.78, 5) is 12.1. The summed E-state index contributed by atoms with van der Waals surface area (Å²) in [5.41, 5.74) is 2.00. The Bertz CT molecular complexity index is 1010. The number of anilines is 2. The van der Waals surface area contributed by atoms with Gasteiger partial charge >= 0.3 is 0 Å². The molecule has 2 aromatic rings. The van der Waals surface area contributed by atoms with Gasteiger partial charge in [-0.25, -0.2) is 12.8 Å². The number of amides is 1. The maximum atomic E-state index is 14.0. The van der Waals surface area contributed by atoms with Crippen LogP contribution in [0.5, 0.6) is 0 Å². The van der Waals surface area contributed by atoms with Gasteiger partial charge in [-0.05, 0) is 42.2 Å². The van der Waals surface area contributed by atoms with E-state index in [2.05, 4.69) is 5.32 Å². The number of nitrogens with one attached hydrogen (secondary N) is 1. The number of halogens is 1. The molecule has 0 bridgehead atoms. The third-order valence-electron chi connectivity index (χ3n) is 4.45. The lowest BCUT2D eigenvalue weighted by atomic mass is 9.98. The molecule has 2 aromatic carbocycles. The number of hydrogen-bond donors (Lipinski definition) is 1. The van der Waals surface area contributed by atoms with Crippen molar-refractivity contribution in [3.63, 3.8) is 0 Å². The number of benzene rings is 2. The Morgan fingerprint density at radius 1 is 1.04 bits per heavy atom. The van der Waals surface area contributed by atoms with Crippen molar-refractivity contribution >= 4 is 33.4 Å². The van der Waals surface area contributed by atoms with Crippen LogP contribution in [-0.2, 0) is 21.2 Å². The number of fused-ring (bicyclic) bond motifs is 2. The number of sulfonamides is 1. The molecule has 5 nitrogen and oxygen atoms in total. The molecule has 0 saturated carbocycles. The molecule has 2 aliphatic rings. The van der Waals surface area contributed by atoms with Gasteiger partial charge in [0.2, 0.25) is 5.91 Å². The average Bonchev–Trinajstić information content (AvgIpc) is 2.61. The van der Waals surface area contributed by atoms with Crippen LogP contribution in [-0.4, -0.2) is 20.9 Å². The molecule has 1 N–H and O–H groups in total. The van der Waals surface area contributed by atoms with Gasteiger partial charge in [-0.2, -0.15) is 0 Å². The molecule has 0 saturated heterocycles. The summed E-state index contributed by atoms with van der Waals surface area (Å²) in [6, 6.07) is 11.7. The lowest BCUT2D eigenvalue weighted by Crippen LogP contribution is -2.43. The molecule has 0 atom stereocenters. The maximum absolute atomic E-state index is 14.0. The standard InChI is InChI=1S/C18H15FN2O3S/c19-15-6-3-7-16-18(15)20-17(22)11-21(16)25(23,24)14-9-8-12-4-1-2-5-13(12)10-14/h1-7,10H,8-9,11H2,(H,20,22). The molecule has 4 rings (SSSR count). The van der Waals surface area contributed by atoms with Crippen molar-refractivity contribution < 1.29 is 17.6 Å². The van der Waals surface area contributed by atoms with Gasteiger partial charge in [0.1, 0.15) is 18.0 Å². The Morgan fingerprint density at radius 2 is 1.84 bits per heavy atom. The first kappa shape index (κ1) is 15.8. The zero-order valence-electron chi connectivity index (χ0n) is 13.2. The van der Waals surface area contributed by atoms with Crippen molar-refractivity contribution in [3.8, 4) is 0 Å². The highest BCUT2D eigenvalue weighted by Crippen LogP contribution is 2.37. The van der Waals surface area contributed by atoms with Crippen molar-refractivity contribution in [2.75, 3.05) is 16.2 Å². The molecular weight excluding hydrogens is 343 g/mol. The molecule has 7 heteroatoms. The smallest absolute Gasteiger partial charge is 0.261 e. The lowest BCUT2D eigenvalue weighted by Gasteiger charge is -2.31. The second-order valence-electron chi connectivity index (χ2n) is 6.00. The Balaban J connectivity index is 1.81. The van der Waals surface area contributed by atoms with Gasteiger partial charge in [-0.1, -0.05) is 30.3 Å². The number of aryl methyl sites for hydroxylation is 1. The monoisotopic (exact) mass is 358 g/mol. The van der Waals surface area contributed by atoms with Crippen LogP contribution in [0.4, 0.5) is 15.8 Å². The molecule has 1 heterocycles. The van der Waals surface area contributed by atoms with E-state index >= 15 is 0 Å². The summed E-state index contributed by atoms with van der Waals surface area (Å²) in [5.74, 6) is -1.22. The summed E-state index contributed by atoms with van der Waals surface area (Å²) in [7, 11) is -3.92. The largest absolute Gasteiger partial charge is 0.320 e. The number of allylic oxidation sites excluding steroid dienone is 1. The SMILES string of the molecule is O=C1CN(S(=O)(=O)C2=Cc3ccccc3CC2)c2cccc(F)c2N1. The molecule has 128 valence electrons. The van der Waals surface area contributed by atoms with E-state index in [1.165, 1.54) is 18.2 Å². The summed E-state index contributed by atoms with van der Waals surface area (Å²) < 4.78 is 41.2. The van der Waals surface area contributed by atoms with Crippen molar-refractivity contribution in [3.05, 3.63) is 64.3 Å². The van der Waals surface area contributed by atoms with Crippen LogP contribution in [0.25, 0.3) is 6.08 Å². The number of nitrogens with zero attached hydrogens (tertiary/aromatic N) is 1. The quantitative estimate of drug-likeness (QED) is 0.898. The molecule has 0 spiro atoms. The Labute approximate surface area is 144 Å². The topological polar surface area (TPSA) is 66.5 Å². The maximum Gasteiger partial charge on any atom is 0.261 e. The van der Waals surface area contributed by atoms with Gasteiger partial charge in [0.05, 0.1) is 10.6 Å². The van der Waals surface area contributed by atoms with E-state index in [9.17, 15) is 17.6 Å². The molecule has 1 aliphatic heterocycles. The van der Waals surface area contributed by atoms with E-state index in [0.717, 1.165) is 15.4 Å². The van der Waals surface area contributed by atoms with Gasteiger partial charge in [0.25, 0.3) is 10.0 Å². The number of para-hydroxylation sites is 1. The first-order valence-corrected chi connectivity index (χ1v) is 9.30. The zero-order chi connectivity index (χ0) is 17.6. The van der Waals surface area contributed by atoms with E-state index in [0.29, 0.717) is 12.8 Å². The third-order valence-corrected chi connectivity index (χ3v) is 6.34. The fraction of sp³-hybridized carbons (Fsp3) is 0.167. The predicted octanol–water partition coefficient (Wildman–Crippen LogP) is 2.90. The van der Waals surface area contributed by atoms with Crippen molar-refractivity contribution in [1.29, 1.82) is 0 Å². The van der Waals surface area contributed by atoms with Crippen LogP contribution in [0.2, 0.25) is 0 Å². The summed E-state index contributed by atoms with van der Waals surface area (Å²) in [6.07, 6.45) is 2.60. The minimum atomic E-state index is -3.92. The van der Waals surface area contributed by atoms with E-state index in [-0.39, 0.29) is 22.8 Å². The van der Waals surface area contributed by atoms with Gasteiger partial charge in [0, 0.05) is 0 Å². The summed E-state index contributed by atoms with van der Waals surface area (Å²) in [6.45, 7) is -0.363. The second-order valence-corrected chi connectivity index (χ2v) is 7.92. The van der Waals surface area contributed by atoms with Gasteiger partial charge in [-0.15, -0.1) is 0 Å². The molecule has 0 radical (unpaired) electrons. The highest BCUT2D eigenvalue weighted by atomic mass is 32.2. The predicted molar refractivity (Wildman–Crippen MR) is 94.0 cm³/mol. The lowest BCUT2D eigenvalue weighted by molar-refractivity contribution is -0.115. The zero-order valence-corrected chi connectivity index (χ0v) is 14.0. The minimum Gasteiger partial charge on any atom is -0.320 e. The highest BCUT2D eigenvalue weighted by molar-refractivity contribution is 7.96. The second kappa shape index (κ2) is 5.70. The van der Waals surface area contributed by atoms with Crippen molar-refractivity contribution in [2.45, 2.75) is 12.8 Å². The molecule has 0 unspecified atom stereocenters. The molecule has 1 aliphatic carbocycles. The van der Waals surface area contributed by atoms with Crippen LogP contribution in [0.1, 0.15) is 17.5 Å². The van der Waals surface area contributed by atoms with E-state index in [1.54, 1.807) is 6.08 Å². The van der Waals surface area contributed by atoms with Crippen LogP contribution in [0.3, 0.4) is 0 Å². The minimum absolute atomic E-state index is 0.0980. The normalized spacial score (nSPS) is 16.6. The molecule has 0 aromatic heterocycles. The van der Waals surface area contributed by atoms with E-state index < -0.39 is 21.7 Å². The Morgan fingerprint density at radius 3 is 2.68 bits per heavy atom. The fourth-order valence-corrected chi connectivity index (χ4v) is 4.82. The van der Waals surface area contributed by atoms with E-state index in [1.807, 2.05) is 24.3 Å². The van der Waals surface area contributed by atoms with Crippen LogP contribution in [0, 0.1) is 5.82 Å². The summed E-state index contributed by atoms with van der Waals surface area (Å²) >= 11 is 0. The number of carbonyl (C=O) groups excluding carboxylic acids is 1. The van der Waals surface area contributed by atoms with Gasteiger partial charge in [0.15, 0.2) is 0 Å². The molecule has 0 fully saturated rings. The first-order chi connectivity index (χ1) is 12.0. The number of hydrogen-bond acceptors (Lipinski definition) is 3. The Hall–Kier alpha value is -2.67. The van der Waals surface area contributed by atoms with Crippen LogP contribution >= 0.6 is 0 Å². The van der Waals surface area contributed by atoms with Crippen molar-refractivity contribution in [2.24, 2.45) is 0 Å². The average molecular weight is 358 g/mol. The number of rotatable bonds is 2. The highest BCUT2D eigenvalue weighted by Gasteiger charge is 2.35. The first-order valence-electron chi connectivity index (χ1n) is 7.86. The number of carbonyl (C=O) groups is 1. The Kier molecular flexibility index (Phi) is 3.61. The van der Waals surface area contributed by atoms with Crippen LogP contribution in [0.15, 0.2) is 47.4 Å². The molecular formula is C18H15FN2O3S. The van der Waals surface area contributed by atoms with Crippen LogP contribution < -0.4 is 9.62 Å². The van der Waals surface area contributed by atoms with Gasteiger partial charge < -0.3 is 5.32 Å². The molecule has 1 amide bonds. The fourth-order valence-electron chi connectivity index (χ4n) is 3.20. The molecule has 25 heavy (non-hydrogen) atoms. The van der Waals surface area contributed by atoms with Crippen molar-refractivity contribution in [1.82, 2.24) is 0 Å². The summed E-state index contributed by atoms with van der Waals surface area (Å²) in [5, 5.41) is 2.41.